The van der Waals surface area contributed by atoms with Crippen molar-refractivity contribution in [2.45, 2.75) is 38.6 Å². The Labute approximate surface area is 160 Å². The standard InChI is InChI=1S/C23H26N2O2/c1-16-14-18-11-5-6-12-21(18)25(16)23(27)20-15-19(20)22(26)24-13-7-10-17-8-3-2-4-9-17/h2-6,8-9,11-12,16,19-20H,7,10,13-15H2,1H3,(H,24,26). The predicted octanol–water partition coefficient (Wildman–Crippen LogP) is 3.35. The molecule has 27 heavy (non-hydrogen) atoms. The van der Waals surface area contributed by atoms with E-state index in [0.29, 0.717) is 13.0 Å². The number of fused-ring (bicyclic) bond motifs is 1. The van der Waals surface area contributed by atoms with Crippen molar-refractivity contribution in [3.8, 4) is 0 Å². The molecule has 2 aromatic carbocycles. The van der Waals surface area contributed by atoms with Crippen LogP contribution in [0.1, 0.15) is 30.9 Å². The van der Waals surface area contributed by atoms with E-state index in [1.54, 1.807) is 0 Å². The van der Waals surface area contributed by atoms with Crippen LogP contribution < -0.4 is 10.2 Å². The Morgan fingerprint density at radius 2 is 1.78 bits per heavy atom. The van der Waals surface area contributed by atoms with Gasteiger partial charge < -0.3 is 10.2 Å². The number of carbonyl (C=O) groups excluding carboxylic acids is 2. The summed E-state index contributed by atoms with van der Waals surface area (Å²) in [4.78, 5) is 27.3. The van der Waals surface area contributed by atoms with E-state index in [1.807, 2.05) is 41.3 Å². The van der Waals surface area contributed by atoms with Crippen LogP contribution in [0.3, 0.4) is 0 Å². The monoisotopic (exact) mass is 362 g/mol. The molecule has 2 aromatic rings. The van der Waals surface area contributed by atoms with E-state index in [9.17, 15) is 9.59 Å². The maximum Gasteiger partial charge on any atom is 0.231 e. The lowest BCUT2D eigenvalue weighted by atomic mass is 10.1. The first-order valence-corrected chi connectivity index (χ1v) is 9.88. The van der Waals surface area contributed by atoms with Gasteiger partial charge in [0, 0.05) is 18.3 Å². The lowest BCUT2D eigenvalue weighted by Crippen LogP contribution is -2.38. The minimum absolute atomic E-state index is 0.0292. The minimum atomic E-state index is -0.160. The number of para-hydroxylation sites is 1. The molecule has 140 valence electrons. The Bertz CT molecular complexity index is 833. The van der Waals surface area contributed by atoms with Crippen LogP contribution in [0.5, 0.6) is 0 Å². The summed E-state index contributed by atoms with van der Waals surface area (Å²) >= 11 is 0. The van der Waals surface area contributed by atoms with Gasteiger partial charge in [-0.25, -0.2) is 0 Å². The number of hydrogen-bond donors (Lipinski definition) is 1. The average Bonchev–Trinajstić information content (AvgIpc) is 3.41. The number of aryl methyl sites for hydroxylation is 1. The molecule has 4 heteroatoms. The third kappa shape index (κ3) is 3.75. The van der Waals surface area contributed by atoms with E-state index in [2.05, 4.69) is 30.4 Å². The second-order valence-electron chi connectivity index (χ2n) is 7.72. The van der Waals surface area contributed by atoms with Gasteiger partial charge in [-0.05, 0) is 49.8 Å². The third-order valence-corrected chi connectivity index (χ3v) is 5.67. The topological polar surface area (TPSA) is 49.4 Å². The number of benzene rings is 2. The van der Waals surface area contributed by atoms with Crippen molar-refractivity contribution in [2.75, 3.05) is 11.4 Å². The van der Waals surface area contributed by atoms with Crippen molar-refractivity contribution in [3.63, 3.8) is 0 Å². The number of amides is 2. The van der Waals surface area contributed by atoms with Crippen LogP contribution in [0.2, 0.25) is 0 Å². The first-order chi connectivity index (χ1) is 13.1. The Morgan fingerprint density at radius 1 is 1.04 bits per heavy atom. The van der Waals surface area contributed by atoms with Gasteiger partial charge in [-0.2, -0.15) is 0 Å². The molecule has 4 rings (SSSR count). The fraction of sp³-hybridized carbons (Fsp3) is 0.391. The molecule has 2 aliphatic rings. The van der Waals surface area contributed by atoms with Gasteiger partial charge in [0.15, 0.2) is 0 Å². The highest BCUT2D eigenvalue weighted by Crippen LogP contribution is 2.43. The predicted molar refractivity (Wildman–Crippen MR) is 106 cm³/mol. The zero-order valence-electron chi connectivity index (χ0n) is 15.7. The number of hydrogen-bond acceptors (Lipinski definition) is 2. The van der Waals surface area contributed by atoms with Crippen molar-refractivity contribution in [2.24, 2.45) is 11.8 Å². The molecule has 1 saturated carbocycles. The zero-order valence-corrected chi connectivity index (χ0v) is 15.7. The maximum atomic E-state index is 13.0. The largest absolute Gasteiger partial charge is 0.356 e. The normalized spacial score (nSPS) is 23.0. The van der Waals surface area contributed by atoms with Crippen molar-refractivity contribution >= 4 is 17.5 Å². The molecule has 0 bridgehead atoms. The lowest BCUT2D eigenvalue weighted by molar-refractivity contribution is -0.126. The SMILES string of the molecule is CC1Cc2ccccc2N1C(=O)C1CC1C(=O)NCCCc1ccccc1. The van der Waals surface area contributed by atoms with Crippen LogP contribution in [0.4, 0.5) is 5.69 Å². The highest BCUT2D eigenvalue weighted by Gasteiger charge is 2.51. The van der Waals surface area contributed by atoms with Crippen molar-refractivity contribution in [1.82, 2.24) is 5.32 Å². The first kappa shape index (κ1) is 17.8. The van der Waals surface area contributed by atoms with Crippen LogP contribution in [-0.4, -0.2) is 24.4 Å². The maximum absolute atomic E-state index is 13.0. The molecule has 4 nitrogen and oxygen atoms in total. The molecular weight excluding hydrogens is 336 g/mol. The lowest BCUT2D eigenvalue weighted by Gasteiger charge is -2.23. The second kappa shape index (κ2) is 7.55. The van der Waals surface area contributed by atoms with Gasteiger partial charge in [0.05, 0.1) is 11.8 Å². The molecule has 0 aromatic heterocycles. The molecule has 0 radical (unpaired) electrons. The molecule has 1 aliphatic carbocycles. The molecule has 1 N–H and O–H groups in total. The minimum Gasteiger partial charge on any atom is -0.356 e. The van der Waals surface area contributed by atoms with Crippen LogP contribution in [-0.2, 0) is 22.4 Å². The summed E-state index contributed by atoms with van der Waals surface area (Å²) in [5.74, 6) is -0.180. The number of rotatable bonds is 6. The van der Waals surface area contributed by atoms with Gasteiger partial charge in [-0.15, -0.1) is 0 Å². The van der Waals surface area contributed by atoms with Crippen molar-refractivity contribution in [1.29, 1.82) is 0 Å². The summed E-state index contributed by atoms with van der Waals surface area (Å²) in [5.41, 5.74) is 3.53. The second-order valence-corrected chi connectivity index (χ2v) is 7.72. The Kier molecular flexibility index (Phi) is 4.97. The van der Waals surface area contributed by atoms with E-state index >= 15 is 0 Å². The van der Waals surface area contributed by atoms with Crippen molar-refractivity contribution in [3.05, 3.63) is 65.7 Å². The molecule has 0 saturated heterocycles. The van der Waals surface area contributed by atoms with Gasteiger partial charge in [0.25, 0.3) is 0 Å². The first-order valence-electron chi connectivity index (χ1n) is 9.88. The smallest absolute Gasteiger partial charge is 0.231 e. The Hall–Kier alpha value is -2.62. The van der Waals surface area contributed by atoms with Gasteiger partial charge in [-0.3, -0.25) is 9.59 Å². The van der Waals surface area contributed by atoms with E-state index in [-0.39, 0.29) is 29.7 Å². The highest BCUT2D eigenvalue weighted by molar-refractivity contribution is 6.02. The average molecular weight is 362 g/mol. The third-order valence-electron chi connectivity index (χ3n) is 5.67. The Morgan fingerprint density at radius 3 is 2.59 bits per heavy atom. The van der Waals surface area contributed by atoms with E-state index in [0.717, 1.165) is 24.9 Å². The van der Waals surface area contributed by atoms with Crippen LogP contribution in [0, 0.1) is 11.8 Å². The molecular formula is C23H26N2O2. The Balaban J connectivity index is 1.26. The van der Waals surface area contributed by atoms with Gasteiger partial charge in [0.2, 0.25) is 11.8 Å². The summed E-state index contributed by atoms with van der Waals surface area (Å²) < 4.78 is 0. The summed E-state index contributed by atoms with van der Waals surface area (Å²) in [5, 5.41) is 3.01. The fourth-order valence-electron chi connectivity index (χ4n) is 4.12. The number of carbonyl (C=O) groups is 2. The molecule has 1 fully saturated rings. The number of nitrogens with one attached hydrogen (secondary N) is 1. The fourth-order valence-corrected chi connectivity index (χ4v) is 4.12. The molecule has 1 heterocycles. The quantitative estimate of drug-likeness (QED) is 0.801. The number of nitrogens with zero attached hydrogens (tertiary/aromatic N) is 1. The summed E-state index contributed by atoms with van der Waals surface area (Å²) in [6.07, 6.45) is 3.44. The van der Waals surface area contributed by atoms with Crippen LogP contribution >= 0.6 is 0 Å². The van der Waals surface area contributed by atoms with E-state index in [4.69, 9.17) is 0 Å². The molecule has 3 atom stereocenters. The summed E-state index contributed by atoms with van der Waals surface area (Å²) in [6, 6.07) is 18.5. The molecule has 3 unspecified atom stereocenters. The summed E-state index contributed by atoms with van der Waals surface area (Å²) in [7, 11) is 0. The molecule has 2 amide bonds. The van der Waals surface area contributed by atoms with Crippen molar-refractivity contribution < 1.29 is 9.59 Å². The molecule has 0 spiro atoms. The zero-order chi connectivity index (χ0) is 18.8. The van der Waals surface area contributed by atoms with Gasteiger partial charge in [-0.1, -0.05) is 48.5 Å². The summed E-state index contributed by atoms with van der Waals surface area (Å²) in [6.45, 7) is 2.74. The van der Waals surface area contributed by atoms with E-state index < -0.39 is 0 Å². The molecule has 1 aliphatic heterocycles. The van der Waals surface area contributed by atoms with Crippen LogP contribution in [0.25, 0.3) is 0 Å². The number of anilines is 1. The van der Waals surface area contributed by atoms with Gasteiger partial charge in [0.1, 0.15) is 0 Å². The highest BCUT2D eigenvalue weighted by atomic mass is 16.2. The van der Waals surface area contributed by atoms with Crippen LogP contribution in [0.15, 0.2) is 54.6 Å². The van der Waals surface area contributed by atoms with Gasteiger partial charge >= 0.3 is 0 Å². The van der Waals surface area contributed by atoms with E-state index in [1.165, 1.54) is 11.1 Å².